The molecule has 2 aliphatic heterocycles. The summed E-state index contributed by atoms with van der Waals surface area (Å²) in [6.07, 6.45) is -0.161. The average Bonchev–Trinajstić information content (AvgIpc) is 3.03. The van der Waals surface area contributed by atoms with E-state index < -0.39 is 12.2 Å². The zero-order valence-electron chi connectivity index (χ0n) is 11.6. The zero-order valence-corrected chi connectivity index (χ0v) is 11.6. The van der Waals surface area contributed by atoms with Gasteiger partial charge < -0.3 is 0 Å². The summed E-state index contributed by atoms with van der Waals surface area (Å²) >= 11 is 0. The monoisotopic (exact) mass is 282 g/mol. The van der Waals surface area contributed by atoms with Gasteiger partial charge in [-0.2, -0.15) is 10.5 Å². The van der Waals surface area contributed by atoms with E-state index in [9.17, 15) is 0 Å². The molecule has 2 fully saturated rings. The SMILES string of the molecule is CCON1OC(C#N)CC1C1CC(C#N)ON1OCC. The fraction of sp³-hybridized carbons (Fsp3) is 0.833. The Morgan fingerprint density at radius 3 is 1.65 bits per heavy atom. The van der Waals surface area contributed by atoms with Gasteiger partial charge in [0, 0.05) is 12.8 Å². The van der Waals surface area contributed by atoms with Crippen LogP contribution in [-0.2, 0) is 19.4 Å². The van der Waals surface area contributed by atoms with E-state index in [1.165, 1.54) is 10.5 Å². The van der Waals surface area contributed by atoms with E-state index >= 15 is 0 Å². The molecule has 8 nitrogen and oxygen atoms in total. The van der Waals surface area contributed by atoms with Crippen molar-refractivity contribution >= 4 is 0 Å². The van der Waals surface area contributed by atoms with E-state index in [0.29, 0.717) is 26.1 Å². The molecule has 0 aromatic carbocycles. The highest BCUT2D eigenvalue weighted by Gasteiger charge is 2.48. The number of hydrogen-bond acceptors (Lipinski definition) is 8. The van der Waals surface area contributed by atoms with Crippen molar-refractivity contribution in [1.29, 1.82) is 10.5 Å². The fourth-order valence-electron chi connectivity index (χ4n) is 2.36. The topological polar surface area (TPSA) is 91.0 Å². The van der Waals surface area contributed by atoms with E-state index in [1.807, 2.05) is 13.8 Å². The molecule has 2 aliphatic rings. The average molecular weight is 282 g/mol. The molecule has 0 saturated carbocycles. The minimum absolute atomic E-state index is 0.218. The number of nitrogens with zero attached hydrogens (tertiary/aromatic N) is 4. The molecule has 0 N–H and O–H groups in total. The van der Waals surface area contributed by atoms with E-state index in [0.717, 1.165) is 0 Å². The summed E-state index contributed by atoms with van der Waals surface area (Å²) < 4.78 is 0. The molecule has 0 aromatic rings. The summed E-state index contributed by atoms with van der Waals surface area (Å²) in [6.45, 7) is 4.53. The Kier molecular flexibility index (Phi) is 5.26. The Bertz CT molecular complexity index is 369. The lowest BCUT2D eigenvalue weighted by atomic mass is 10.00. The van der Waals surface area contributed by atoms with Crippen LogP contribution < -0.4 is 0 Å². The first-order chi connectivity index (χ1) is 9.73. The van der Waals surface area contributed by atoms with Crippen LogP contribution in [-0.4, -0.2) is 48.0 Å². The predicted molar refractivity (Wildman–Crippen MR) is 64.7 cm³/mol. The lowest BCUT2D eigenvalue weighted by molar-refractivity contribution is -0.402. The Morgan fingerprint density at radius 1 is 0.950 bits per heavy atom. The molecule has 0 amide bonds. The van der Waals surface area contributed by atoms with Gasteiger partial charge >= 0.3 is 0 Å². The van der Waals surface area contributed by atoms with Crippen LogP contribution in [0.1, 0.15) is 26.7 Å². The van der Waals surface area contributed by atoms with Crippen molar-refractivity contribution in [3.8, 4) is 12.1 Å². The van der Waals surface area contributed by atoms with Gasteiger partial charge in [0.1, 0.15) is 0 Å². The summed E-state index contributed by atoms with van der Waals surface area (Å²) in [7, 11) is 0. The Balaban J connectivity index is 2.10. The van der Waals surface area contributed by atoms with Crippen molar-refractivity contribution in [1.82, 2.24) is 10.5 Å². The zero-order chi connectivity index (χ0) is 14.5. The van der Waals surface area contributed by atoms with Gasteiger partial charge in [0.25, 0.3) is 0 Å². The van der Waals surface area contributed by atoms with E-state index in [2.05, 4.69) is 12.1 Å². The minimum Gasteiger partial charge on any atom is -0.274 e. The fourth-order valence-corrected chi connectivity index (χ4v) is 2.36. The maximum Gasteiger partial charge on any atom is 0.170 e. The molecule has 4 unspecified atom stereocenters. The highest BCUT2D eigenvalue weighted by atomic mass is 17.0. The Labute approximate surface area is 117 Å². The molecule has 2 heterocycles. The first kappa shape index (κ1) is 15.1. The van der Waals surface area contributed by atoms with Gasteiger partial charge in [0.2, 0.25) is 0 Å². The highest BCUT2D eigenvalue weighted by Crippen LogP contribution is 2.33. The first-order valence-corrected chi connectivity index (χ1v) is 6.70. The van der Waals surface area contributed by atoms with Crippen molar-refractivity contribution in [2.24, 2.45) is 0 Å². The molecule has 0 bridgehead atoms. The van der Waals surface area contributed by atoms with Crippen molar-refractivity contribution in [3.05, 3.63) is 0 Å². The van der Waals surface area contributed by atoms with Crippen molar-refractivity contribution in [2.75, 3.05) is 13.2 Å². The highest BCUT2D eigenvalue weighted by molar-refractivity contribution is 4.99. The Morgan fingerprint density at radius 2 is 1.35 bits per heavy atom. The number of hydrogen-bond donors (Lipinski definition) is 0. The van der Waals surface area contributed by atoms with Gasteiger partial charge in [0.05, 0.1) is 37.4 Å². The maximum absolute atomic E-state index is 8.99. The second-order valence-corrected chi connectivity index (χ2v) is 4.46. The smallest absolute Gasteiger partial charge is 0.170 e. The summed E-state index contributed by atoms with van der Waals surface area (Å²) in [4.78, 5) is 21.6. The molecule has 0 aromatic heterocycles. The van der Waals surface area contributed by atoms with E-state index in [4.69, 9.17) is 29.9 Å². The number of hydroxylamine groups is 4. The summed E-state index contributed by atoms with van der Waals surface area (Å²) in [5, 5.41) is 20.7. The van der Waals surface area contributed by atoms with Crippen LogP contribution in [0.4, 0.5) is 0 Å². The lowest BCUT2D eigenvalue weighted by Gasteiger charge is -2.29. The number of nitriles is 2. The lowest BCUT2D eigenvalue weighted by Crippen LogP contribution is -2.45. The summed E-state index contributed by atoms with van der Waals surface area (Å²) in [6, 6.07) is 3.70. The molecule has 2 rings (SSSR count). The van der Waals surface area contributed by atoms with Gasteiger partial charge in [-0.05, 0) is 13.8 Å². The number of rotatable bonds is 5. The van der Waals surface area contributed by atoms with Crippen LogP contribution in [0, 0.1) is 22.7 Å². The van der Waals surface area contributed by atoms with Gasteiger partial charge in [-0.25, -0.2) is 0 Å². The van der Waals surface area contributed by atoms with Crippen LogP contribution in [0.25, 0.3) is 0 Å². The largest absolute Gasteiger partial charge is 0.274 e. The van der Waals surface area contributed by atoms with Crippen molar-refractivity contribution in [2.45, 2.75) is 51.0 Å². The van der Waals surface area contributed by atoms with E-state index in [1.54, 1.807) is 0 Å². The minimum atomic E-state index is -0.559. The van der Waals surface area contributed by atoms with Gasteiger partial charge in [0.15, 0.2) is 12.2 Å². The summed E-state index contributed by atoms with van der Waals surface area (Å²) in [5.74, 6) is 0. The van der Waals surface area contributed by atoms with Crippen LogP contribution in [0.3, 0.4) is 0 Å². The van der Waals surface area contributed by atoms with Gasteiger partial charge in [-0.15, -0.1) is 0 Å². The predicted octanol–water partition coefficient (Wildman–Crippen LogP) is 0.686. The molecule has 4 atom stereocenters. The van der Waals surface area contributed by atoms with Crippen LogP contribution in [0.15, 0.2) is 0 Å². The third-order valence-electron chi connectivity index (χ3n) is 3.16. The van der Waals surface area contributed by atoms with Gasteiger partial charge in [-0.1, -0.05) is 10.5 Å². The molecular formula is C12H18N4O4. The molecule has 20 heavy (non-hydrogen) atoms. The molecule has 0 radical (unpaired) electrons. The molecule has 110 valence electrons. The standard InChI is InChI=1S/C12H18N4O4/c1-3-17-15-11(5-9(7-13)19-15)12-6-10(8-14)20-16(12)18-4-2/h9-12H,3-6H2,1-2H3. The van der Waals surface area contributed by atoms with Crippen molar-refractivity contribution in [3.63, 3.8) is 0 Å². The van der Waals surface area contributed by atoms with Crippen LogP contribution in [0.2, 0.25) is 0 Å². The second-order valence-electron chi connectivity index (χ2n) is 4.46. The van der Waals surface area contributed by atoms with Crippen LogP contribution in [0.5, 0.6) is 0 Å². The normalized spacial score (nSPS) is 35.0. The third kappa shape index (κ3) is 3.07. The Hall–Kier alpha value is -1.26. The first-order valence-electron chi connectivity index (χ1n) is 6.70. The van der Waals surface area contributed by atoms with Crippen molar-refractivity contribution < 1.29 is 19.4 Å². The van der Waals surface area contributed by atoms with E-state index in [-0.39, 0.29) is 12.1 Å². The molecule has 0 spiro atoms. The summed E-state index contributed by atoms with van der Waals surface area (Å²) in [5.41, 5.74) is 0. The molecular weight excluding hydrogens is 264 g/mol. The van der Waals surface area contributed by atoms with Gasteiger partial charge in [-0.3, -0.25) is 19.4 Å². The molecule has 8 heteroatoms. The van der Waals surface area contributed by atoms with Crippen LogP contribution >= 0.6 is 0 Å². The maximum atomic E-state index is 8.99. The molecule has 0 aliphatic carbocycles. The quantitative estimate of drug-likeness (QED) is 0.727. The second kappa shape index (κ2) is 6.95. The third-order valence-corrected chi connectivity index (χ3v) is 3.16. The molecule has 2 saturated heterocycles.